The van der Waals surface area contributed by atoms with Crippen LogP contribution < -0.4 is 4.72 Å². The second-order valence-electron chi connectivity index (χ2n) is 4.77. The van der Waals surface area contributed by atoms with Crippen LogP contribution in [0.5, 0.6) is 0 Å². The van der Waals surface area contributed by atoms with Crippen LogP contribution in [-0.2, 0) is 21.3 Å². The van der Waals surface area contributed by atoms with E-state index in [0.29, 0.717) is 4.70 Å². The highest BCUT2D eigenvalue weighted by Gasteiger charge is 2.30. The molecule has 5 nitrogen and oxygen atoms in total. The Balaban J connectivity index is 2.13. The Bertz CT molecular complexity index is 993. The number of halogens is 1. The summed E-state index contributed by atoms with van der Waals surface area (Å²) in [5.74, 6) is -1.51. The van der Waals surface area contributed by atoms with Crippen LogP contribution in [0.1, 0.15) is 14.5 Å². The van der Waals surface area contributed by atoms with Crippen LogP contribution in [-0.4, -0.2) is 21.5 Å². The molecule has 0 radical (unpaired) electrons. The quantitative estimate of drug-likeness (QED) is 0.684. The van der Waals surface area contributed by atoms with E-state index in [-0.39, 0.29) is 21.7 Å². The highest BCUT2D eigenvalue weighted by molar-refractivity contribution is 7.90. The fourth-order valence-electron chi connectivity index (χ4n) is 2.21. The number of hydrogen-bond donors (Lipinski definition) is 1. The van der Waals surface area contributed by atoms with Gasteiger partial charge in [-0.25, -0.2) is 22.3 Å². The highest BCUT2D eigenvalue weighted by atomic mass is 32.2. The van der Waals surface area contributed by atoms with E-state index in [0.717, 1.165) is 29.4 Å². The molecule has 2 aromatic heterocycles. The number of carbonyl (C=O) groups is 1. The molecule has 0 aliphatic rings. The Morgan fingerprint density at radius 1 is 1.29 bits per heavy atom. The number of esters is 1. The third kappa shape index (κ3) is 3.07. The van der Waals surface area contributed by atoms with Crippen molar-refractivity contribution in [1.82, 2.24) is 4.72 Å². The van der Waals surface area contributed by atoms with Crippen molar-refractivity contribution < 1.29 is 22.3 Å². The summed E-state index contributed by atoms with van der Waals surface area (Å²) in [4.78, 5) is 12.3. The zero-order chi connectivity index (χ0) is 17.3. The van der Waals surface area contributed by atoms with Crippen molar-refractivity contribution in [2.75, 3.05) is 7.11 Å². The Labute approximate surface area is 145 Å². The average molecular weight is 385 g/mol. The molecule has 0 amide bonds. The summed E-state index contributed by atoms with van der Waals surface area (Å²) >= 11 is 2.28. The summed E-state index contributed by atoms with van der Waals surface area (Å²) in [6.07, 6.45) is 0. The molecule has 0 spiro atoms. The number of methoxy groups -OCH3 is 1. The molecule has 0 bridgehead atoms. The average Bonchev–Trinajstić information content (AvgIpc) is 3.20. The predicted octanol–water partition coefficient (Wildman–Crippen LogP) is 3.37. The first kappa shape index (κ1) is 17.0. The number of thiophene rings is 2. The largest absolute Gasteiger partial charge is 0.465 e. The number of fused-ring (bicyclic) bond motifs is 1. The second kappa shape index (κ2) is 6.60. The van der Waals surface area contributed by atoms with Gasteiger partial charge in [0.2, 0.25) is 10.0 Å². The molecule has 1 N–H and O–H groups in total. The van der Waals surface area contributed by atoms with E-state index in [2.05, 4.69) is 9.46 Å². The normalized spacial score (nSPS) is 11.8. The molecule has 0 saturated heterocycles. The van der Waals surface area contributed by atoms with Crippen LogP contribution in [0.25, 0.3) is 10.1 Å². The van der Waals surface area contributed by atoms with Crippen molar-refractivity contribution in [3.63, 3.8) is 0 Å². The first-order valence-electron chi connectivity index (χ1n) is 6.75. The number of benzene rings is 1. The molecule has 9 heteroatoms. The monoisotopic (exact) mass is 385 g/mol. The molecule has 24 heavy (non-hydrogen) atoms. The van der Waals surface area contributed by atoms with Gasteiger partial charge in [0.15, 0.2) is 0 Å². The summed E-state index contributed by atoms with van der Waals surface area (Å²) in [7, 11) is -2.95. The summed E-state index contributed by atoms with van der Waals surface area (Å²) in [5, 5.41) is 1.73. The molecular weight excluding hydrogens is 373 g/mol. The summed E-state index contributed by atoms with van der Waals surface area (Å²) in [6, 6.07) is 7.77. The molecule has 0 aliphatic heterocycles. The molecule has 3 aromatic rings. The Morgan fingerprint density at radius 3 is 2.75 bits per heavy atom. The number of hydrogen-bond acceptors (Lipinski definition) is 6. The van der Waals surface area contributed by atoms with Crippen LogP contribution in [0, 0.1) is 5.82 Å². The van der Waals surface area contributed by atoms with Gasteiger partial charge in [0, 0.05) is 21.5 Å². The fourth-order valence-corrected chi connectivity index (χ4v) is 5.79. The van der Waals surface area contributed by atoms with Gasteiger partial charge in [-0.05, 0) is 23.6 Å². The van der Waals surface area contributed by atoms with E-state index in [1.807, 2.05) is 5.38 Å². The molecule has 1 aromatic carbocycles. The molecule has 0 fully saturated rings. The van der Waals surface area contributed by atoms with E-state index >= 15 is 0 Å². The van der Waals surface area contributed by atoms with Gasteiger partial charge in [-0.1, -0.05) is 12.1 Å². The van der Waals surface area contributed by atoms with E-state index in [1.54, 1.807) is 18.2 Å². The highest BCUT2D eigenvalue weighted by Crippen LogP contribution is 2.36. The summed E-state index contributed by atoms with van der Waals surface area (Å²) in [5.41, 5.74) is 0. The second-order valence-corrected chi connectivity index (χ2v) is 8.56. The van der Waals surface area contributed by atoms with Crippen LogP contribution in [0.15, 0.2) is 40.6 Å². The molecule has 2 heterocycles. The van der Waals surface area contributed by atoms with Crippen LogP contribution in [0.4, 0.5) is 4.39 Å². The van der Waals surface area contributed by atoms with Gasteiger partial charge >= 0.3 is 5.97 Å². The third-order valence-corrected chi connectivity index (χ3v) is 6.89. The Hall–Kier alpha value is -1.81. The molecular formula is C15H12FNO4S3. The maximum Gasteiger partial charge on any atom is 0.349 e. The molecule has 0 saturated carbocycles. The van der Waals surface area contributed by atoms with Crippen molar-refractivity contribution in [3.8, 4) is 0 Å². The van der Waals surface area contributed by atoms with Crippen molar-refractivity contribution in [3.05, 3.63) is 51.3 Å². The van der Waals surface area contributed by atoms with E-state index in [4.69, 9.17) is 0 Å². The zero-order valence-electron chi connectivity index (χ0n) is 12.4. The van der Waals surface area contributed by atoms with Gasteiger partial charge in [-0.2, -0.15) is 0 Å². The lowest BCUT2D eigenvalue weighted by molar-refractivity contribution is 0.0602. The standard InChI is InChI=1S/C15H12FNO4S3/c1-21-15(18)13-14(12-10(16)5-2-6-11(12)23-13)24(19,20)17-8-9-4-3-7-22-9/h2-7,17H,8H2,1H3. The van der Waals surface area contributed by atoms with Gasteiger partial charge in [0.25, 0.3) is 0 Å². The topological polar surface area (TPSA) is 72.5 Å². The zero-order valence-corrected chi connectivity index (χ0v) is 14.9. The van der Waals surface area contributed by atoms with Crippen molar-refractivity contribution in [1.29, 1.82) is 0 Å². The fraction of sp³-hybridized carbons (Fsp3) is 0.133. The lowest BCUT2D eigenvalue weighted by atomic mass is 10.2. The summed E-state index contributed by atoms with van der Waals surface area (Å²) < 4.78 is 47.1. The van der Waals surface area contributed by atoms with Gasteiger partial charge in [-0.3, -0.25) is 0 Å². The van der Waals surface area contributed by atoms with Gasteiger partial charge < -0.3 is 4.74 Å². The first-order valence-corrected chi connectivity index (χ1v) is 9.93. The number of rotatable bonds is 5. The lowest BCUT2D eigenvalue weighted by Crippen LogP contribution is -2.24. The van der Waals surface area contributed by atoms with Crippen molar-refractivity contribution >= 4 is 48.8 Å². The molecule has 126 valence electrons. The first-order chi connectivity index (χ1) is 11.4. The van der Waals surface area contributed by atoms with Crippen LogP contribution in [0.3, 0.4) is 0 Å². The number of sulfonamides is 1. The Morgan fingerprint density at radius 2 is 2.08 bits per heavy atom. The minimum absolute atomic E-state index is 0.0619. The Kier molecular flexibility index (Phi) is 4.68. The van der Waals surface area contributed by atoms with Gasteiger partial charge in [0.05, 0.1) is 7.11 Å². The minimum atomic E-state index is -4.10. The SMILES string of the molecule is COC(=O)c1sc2cccc(F)c2c1S(=O)(=O)NCc1cccs1. The van der Waals surface area contributed by atoms with Crippen molar-refractivity contribution in [2.45, 2.75) is 11.4 Å². The maximum absolute atomic E-state index is 14.2. The number of ether oxygens (including phenoxy) is 1. The van der Waals surface area contributed by atoms with E-state index < -0.39 is 21.8 Å². The number of carbonyl (C=O) groups excluding carboxylic acids is 1. The molecule has 0 unspecified atom stereocenters. The molecule has 0 aliphatic carbocycles. The van der Waals surface area contributed by atoms with Crippen LogP contribution >= 0.6 is 22.7 Å². The minimum Gasteiger partial charge on any atom is -0.465 e. The third-order valence-electron chi connectivity index (χ3n) is 3.28. The van der Waals surface area contributed by atoms with Gasteiger partial charge in [0.1, 0.15) is 15.6 Å². The van der Waals surface area contributed by atoms with E-state index in [9.17, 15) is 17.6 Å². The summed E-state index contributed by atoms with van der Waals surface area (Å²) in [6.45, 7) is 0.0619. The smallest absolute Gasteiger partial charge is 0.349 e. The molecule has 3 rings (SSSR count). The molecule has 0 atom stereocenters. The van der Waals surface area contributed by atoms with Gasteiger partial charge in [-0.15, -0.1) is 22.7 Å². The number of nitrogens with one attached hydrogen (secondary N) is 1. The van der Waals surface area contributed by atoms with Crippen LogP contribution in [0.2, 0.25) is 0 Å². The lowest BCUT2D eigenvalue weighted by Gasteiger charge is -2.07. The van der Waals surface area contributed by atoms with Crippen molar-refractivity contribution in [2.24, 2.45) is 0 Å². The maximum atomic E-state index is 14.2. The predicted molar refractivity (Wildman–Crippen MR) is 91.5 cm³/mol. The van der Waals surface area contributed by atoms with E-state index in [1.165, 1.54) is 17.4 Å².